The number of benzene rings is 3. The number of hydrogen-bond donors (Lipinski definition) is 1. The van der Waals surface area contributed by atoms with Crippen molar-refractivity contribution in [1.29, 1.82) is 0 Å². The van der Waals surface area contributed by atoms with Gasteiger partial charge in [-0.15, -0.1) is 10.2 Å². The van der Waals surface area contributed by atoms with Gasteiger partial charge in [0.05, 0.1) is 7.11 Å². The first-order chi connectivity index (χ1) is 16.0. The van der Waals surface area contributed by atoms with Crippen LogP contribution in [0.15, 0.2) is 77.2 Å². The highest BCUT2D eigenvalue weighted by atomic mass is 16.5. The lowest BCUT2D eigenvalue weighted by atomic mass is 10.1. The van der Waals surface area contributed by atoms with Crippen LogP contribution in [0.25, 0.3) is 22.9 Å². The summed E-state index contributed by atoms with van der Waals surface area (Å²) in [7, 11) is 1.66. The first-order valence-corrected chi connectivity index (χ1v) is 11.0. The molecule has 0 aliphatic carbocycles. The lowest BCUT2D eigenvalue weighted by molar-refractivity contribution is 0.0938. The van der Waals surface area contributed by atoms with Gasteiger partial charge in [0.25, 0.3) is 5.91 Å². The molecule has 0 spiro atoms. The molecule has 3 aromatic carbocycles. The molecule has 0 aliphatic rings. The number of amides is 1. The lowest BCUT2D eigenvalue weighted by Crippen LogP contribution is -2.32. The van der Waals surface area contributed by atoms with Gasteiger partial charge in [-0.2, -0.15) is 0 Å². The average Bonchev–Trinajstić information content (AvgIpc) is 3.34. The Morgan fingerprint density at radius 2 is 1.67 bits per heavy atom. The number of rotatable bonds is 8. The van der Waals surface area contributed by atoms with Crippen molar-refractivity contribution in [3.05, 3.63) is 89.5 Å². The Labute approximate surface area is 193 Å². The molecular weight excluding hydrogens is 414 g/mol. The Bertz CT molecular complexity index is 1210. The molecule has 1 unspecified atom stereocenters. The Morgan fingerprint density at radius 3 is 2.33 bits per heavy atom. The molecule has 4 rings (SSSR count). The molecule has 0 saturated carbocycles. The predicted octanol–water partition coefficient (Wildman–Crippen LogP) is 5.47. The summed E-state index contributed by atoms with van der Waals surface area (Å²) in [5.41, 5.74) is 4.58. The zero-order valence-corrected chi connectivity index (χ0v) is 19.0. The number of aryl methyl sites for hydroxylation is 2. The smallest absolute Gasteiger partial charge is 0.251 e. The Hall–Kier alpha value is -3.93. The second kappa shape index (κ2) is 10.1. The van der Waals surface area contributed by atoms with Crippen LogP contribution in [-0.4, -0.2) is 29.3 Å². The molecule has 33 heavy (non-hydrogen) atoms. The Morgan fingerprint density at radius 1 is 0.970 bits per heavy atom. The van der Waals surface area contributed by atoms with E-state index >= 15 is 0 Å². The minimum Gasteiger partial charge on any atom is -0.497 e. The quantitative estimate of drug-likeness (QED) is 0.392. The third kappa shape index (κ3) is 5.66. The van der Waals surface area contributed by atoms with Crippen LogP contribution in [0.3, 0.4) is 0 Å². The number of hydrogen-bond acceptors (Lipinski definition) is 5. The van der Waals surface area contributed by atoms with Gasteiger partial charge >= 0.3 is 0 Å². The van der Waals surface area contributed by atoms with E-state index in [1.807, 2.05) is 74.5 Å². The van der Waals surface area contributed by atoms with E-state index in [-0.39, 0.29) is 11.9 Å². The van der Waals surface area contributed by atoms with Crippen molar-refractivity contribution in [1.82, 2.24) is 15.5 Å². The van der Waals surface area contributed by atoms with E-state index in [1.54, 1.807) is 19.2 Å². The summed E-state index contributed by atoms with van der Waals surface area (Å²) >= 11 is 0. The molecule has 1 atom stereocenters. The van der Waals surface area contributed by atoms with E-state index in [0.717, 1.165) is 35.3 Å². The van der Waals surface area contributed by atoms with Crippen molar-refractivity contribution in [2.24, 2.45) is 0 Å². The molecular formula is C27H27N3O3. The van der Waals surface area contributed by atoms with Crippen molar-refractivity contribution in [2.75, 3.05) is 7.11 Å². The first kappa shape index (κ1) is 22.3. The van der Waals surface area contributed by atoms with E-state index in [9.17, 15) is 4.79 Å². The number of carbonyl (C=O) groups is 1. The van der Waals surface area contributed by atoms with Crippen LogP contribution in [0.5, 0.6) is 5.75 Å². The normalized spacial score (nSPS) is 11.7. The van der Waals surface area contributed by atoms with E-state index in [4.69, 9.17) is 9.15 Å². The average molecular weight is 442 g/mol. The van der Waals surface area contributed by atoms with Crippen molar-refractivity contribution in [3.63, 3.8) is 0 Å². The van der Waals surface area contributed by atoms with Crippen LogP contribution < -0.4 is 10.1 Å². The van der Waals surface area contributed by atoms with Crippen molar-refractivity contribution >= 4 is 5.91 Å². The molecule has 168 valence electrons. The van der Waals surface area contributed by atoms with Crippen LogP contribution in [0.2, 0.25) is 0 Å². The summed E-state index contributed by atoms with van der Waals surface area (Å²) in [6.45, 7) is 4.03. The standard InChI is InChI=1S/C27H27N3O3/c1-18-5-4-6-23(17-18)27-30-29-26(33-27)22-13-11-21(12-14-22)25(31)28-19(2)7-8-20-9-15-24(32-3)16-10-20/h4-6,9-17,19H,7-8H2,1-3H3,(H,28,31). The highest BCUT2D eigenvalue weighted by molar-refractivity contribution is 5.94. The van der Waals surface area contributed by atoms with Crippen molar-refractivity contribution in [3.8, 4) is 28.7 Å². The van der Waals surface area contributed by atoms with Gasteiger partial charge in [-0.3, -0.25) is 4.79 Å². The Kier molecular flexibility index (Phi) is 6.83. The fraction of sp³-hybridized carbons (Fsp3) is 0.222. The fourth-order valence-electron chi connectivity index (χ4n) is 3.55. The third-order valence-corrected chi connectivity index (χ3v) is 5.49. The molecule has 0 bridgehead atoms. The summed E-state index contributed by atoms with van der Waals surface area (Å²) in [4.78, 5) is 12.6. The summed E-state index contributed by atoms with van der Waals surface area (Å²) in [6.07, 6.45) is 1.73. The van der Waals surface area contributed by atoms with Gasteiger partial charge in [0, 0.05) is 22.7 Å². The number of aromatic nitrogens is 2. The van der Waals surface area contributed by atoms with Gasteiger partial charge in [0.1, 0.15) is 5.75 Å². The number of ether oxygens (including phenoxy) is 1. The van der Waals surface area contributed by atoms with Crippen LogP contribution in [0, 0.1) is 6.92 Å². The van der Waals surface area contributed by atoms with Gasteiger partial charge in [0.15, 0.2) is 0 Å². The van der Waals surface area contributed by atoms with Gasteiger partial charge in [-0.1, -0.05) is 29.8 Å². The second-order valence-corrected chi connectivity index (χ2v) is 8.12. The molecule has 0 fully saturated rings. The van der Waals surface area contributed by atoms with Gasteiger partial charge < -0.3 is 14.5 Å². The number of carbonyl (C=O) groups excluding carboxylic acids is 1. The highest BCUT2D eigenvalue weighted by Gasteiger charge is 2.13. The topological polar surface area (TPSA) is 77.2 Å². The maximum atomic E-state index is 12.6. The molecule has 1 amide bonds. The van der Waals surface area contributed by atoms with Crippen LogP contribution >= 0.6 is 0 Å². The lowest BCUT2D eigenvalue weighted by Gasteiger charge is -2.14. The number of nitrogens with zero attached hydrogens (tertiary/aromatic N) is 2. The summed E-state index contributed by atoms with van der Waals surface area (Å²) < 4.78 is 11.0. The predicted molar refractivity (Wildman–Crippen MR) is 128 cm³/mol. The summed E-state index contributed by atoms with van der Waals surface area (Å²) in [6, 6.07) is 23.2. The maximum absolute atomic E-state index is 12.6. The molecule has 1 N–H and O–H groups in total. The minimum atomic E-state index is -0.102. The van der Waals surface area contributed by atoms with Crippen LogP contribution in [0.1, 0.15) is 34.8 Å². The molecule has 0 radical (unpaired) electrons. The molecule has 0 saturated heterocycles. The summed E-state index contributed by atoms with van der Waals surface area (Å²) in [5.74, 6) is 1.64. The molecule has 1 heterocycles. The minimum absolute atomic E-state index is 0.0482. The molecule has 0 aliphatic heterocycles. The van der Waals surface area contributed by atoms with Gasteiger partial charge in [-0.25, -0.2) is 0 Å². The van der Waals surface area contributed by atoms with Crippen LogP contribution in [0.4, 0.5) is 0 Å². The second-order valence-electron chi connectivity index (χ2n) is 8.12. The van der Waals surface area contributed by atoms with Gasteiger partial charge in [-0.05, 0) is 80.8 Å². The van der Waals surface area contributed by atoms with E-state index in [1.165, 1.54) is 5.56 Å². The maximum Gasteiger partial charge on any atom is 0.251 e. The molecule has 6 nitrogen and oxygen atoms in total. The SMILES string of the molecule is COc1ccc(CCC(C)NC(=O)c2ccc(-c3nnc(-c4cccc(C)c4)o3)cc2)cc1. The molecule has 1 aromatic heterocycles. The zero-order chi connectivity index (χ0) is 23.2. The largest absolute Gasteiger partial charge is 0.497 e. The Balaban J connectivity index is 1.34. The molecule has 4 aromatic rings. The summed E-state index contributed by atoms with van der Waals surface area (Å²) in [5, 5.41) is 11.4. The zero-order valence-electron chi connectivity index (χ0n) is 19.0. The van der Waals surface area contributed by atoms with E-state index < -0.39 is 0 Å². The van der Waals surface area contributed by atoms with E-state index in [0.29, 0.717) is 17.3 Å². The van der Waals surface area contributed by atoms with E-state index in [2.05, 4.69) is 15.5 Å². The monoisotopic (exact) mass is 441 g/mol. The van der Waals surface area contributed by atoms with Crippen molar-refractivity contribution < 1.29 is 13.9 Å². The fourth-order valence-corrected chi connectivity index (χ4v) is 3.55. The third-order valence-electron chi connectivity index (χ3n) is 5.49. The van der Waals surface area contributed by atoms with Crippen LogP contribution in [-0.2, 0) is 6.42 Å². The highest BCUT2D eigenvalue weighted by Crippen LogP contribution is 2.24. The molecule has 6 heteroatoms. The first-order valence-electron chi connectivity index (χ1n) is 11.0. The number of nitrogens with one attached hydrogen (secondary N) is 1. The number of methoxy groups -OCH3 is 1. The van der Waals surface area contributed by atoms with Crippen molar-refractivity contribution in [2.45, 2.75) is 32.7 Å². The van der Waals surface area contributed by atoms with Gasteiger partial charge in [0.2, 0.25) is 11.8 Å².